The van der Waals surface area contributed by atoms with Gasteiger partial charge in [-0.3, -0.25) is 14.4 Å². The van der Waals surface area contributed by atoms with E-state index in [4.69, 9.17) is 0 Å². The number of carbonyl (C=O) groups is 3. The van der Waals surface area contributed by atoms with Crippen LogP contribution in [-0.4, -0.2) is 58.8 Å². The van der Waals surface area contributed by atoms with Crippen LogP contribution in [0.4, 0.5) is 17.3 Å². The maximum absolute atomic E-state index is 12.4. The van der Waals surface area contributed by atoms with Crippen molar-refractivity contribution in [1.82, 2.24) is 14.9 Å². The summed E-state index contributed by atoms with van der Waals surface area (Å²) in [5, 5.41) is 5.34. The number of nitrogens with zero attached hydrogens (tertiary/aromatic N) is 4. The molecule has 2 heterocycles. The summed E-state index contributed by atoms with van der Waals surface area (Å²) in [5.41, 5.74) is 1.10. The average molecular weight is 382 g/mol. The van der Waals surface area contributed by atoms with E-state index < -0.39 is 5.91 Å². The van der Waals surface area contributed by atoms with E-state index in [2.05, 4.69) is 20.6 Å². The zero-order valence-corrected chi connectivity index (χ0v) is 15.6. The van der Waals surface area contributed by atoms with Crippen molar-refractivity contribution in [2.75, 3.05) is 41.7 Å². The fourth-order valence-corrected chi connectivity index (χ4v) is 2.94. The third-order valence-electron chi connectivity index (χ3n) is 4.25. The van der Waals surface area contributed by atoms with Crippen molar-refractivity contribution in [3.05, 3.63) is 42.7 Å². The van der Waals surface area contributed by atoms with Crippen LogP contribution in [0.1, 0.15) is 13.3 Å². The van der Waals surface area contributed by atoms with Gasteiger partial charge in [0.15, 0.2) is 0 Å². The molecule has 0 atom stereocenters. The average Bonchev–Trinajstić information content (AvgIpc) is 2.68. The van der Waals surface area contributed by atoms with Crippen LogP contribution in [0.25, 0.3) is 0 Å². The summed E-state index contributed by atoms with van der Waals surface area (Å²) in [6, 6.07) is 8.54. The zero-order chi connectivity index (χ0) is 19.9. The number of aromatic nitrogens is 2. The SMILES string of the molecule is CC(=O)Nc1cccc(NC(=O)CC(=O)N2CCN(c3ncccn3)CC2)c1. The lowest BCUT2D eigenvalue weighted by atomic mass is 10.2. The van der Waals surface area contributed by atoms with Crippen molar-refractivity contribution < 1.29 is 14.4 Å². The van der Waals surface area contributed by atoms with Gasteiger partial charge >= 0.3 is 0 Å². The second kappa shape index (κ2) is 8.94. The Morgan fingerprint density at radius 1 is 0.964 bits per heavy atom. The summed E-state index contributed by atoms with van der Waals surface area (Å²) < 4.78 is 0. The highest BCUT2D eigenvalue weighted by Gasteiger charge is 2.23. The molecular formula is C19H22N6O3. The Morgan fingerprint density at radius 2 is 1.61 bits per heavy atom. The van der Waals surface area contributed by atoms with Crippen molar-refractivity contribution >= 4 is 35.0 Å². The molecule has 0 bridgehead atoms. The molecule has 0 unspecified atom stereocenters. The van der Waals surface area contributed by atoms with Gasteiger partial charge in [-0.2, -0.15) is 0 Å². The first-order valence-corrected chi connectivity index (χ1v) is 8.98. The predicted molar refractivity (Wildman–Crippen MR) is 105 cm³/mol. The molecule has 2 N–H and O–H groups in total. The first-order chi connectivity index (χ1) is 13.5. The van der Waals surface area contributed by atoms with Crippen LogP contribution in [0.2, 0.25) is 0 Å². The minimum Gasteiger partial charge on any atom is -0.339 e. The van der Waals surface area contributed by atoms with Crippen molar-refractivity contribution in [2.24, 2.45) is 0 Å². The number of nitrogens with one attached hydrogen (secondary N) is 2. The Hall–Kier alpha value is -3.49. The summed E-state index contributed by atoms with van der Waals surface area (Å²) in [6.45, 7) is 3.69. The topological polar surface area (TPSA) is 108 Å². The highest BCUT2D eigenvalue weighted by molar-refractivity contribution is 6.04. The second-order valence-electron chi connectivity index (χ2n) is 6.40. The second-order valence-corrected chi connectivity index (χ2v) is 6.40. The number of rotatable bonds is 5. The highest BCUT2D eigenvalue weighted by Crippen LogP contribution is 2.16. The number of piperazine rings is 1. The number of hydrogen-bond donors (Lipinski definition) is 2. The van der Waals surface area contributed by atoms with Gasteiger partial charge in [0.25, 0.3) is 0 Å². The van der Waals surface area contributed by atoms with Crippen molar-refractivity contribution in [2.45, 2.75) is 13.3 Å². The third-order valence-corrected chi connectivity index (χ3v) is 4.25. The van der Waals surface area contributed by atoms with Gasteiger partial charge in [0.05, 0.1) is 0 Å². The van der Waals surface area contributed by atoms with E-state index >= 15 is 0 Å². The lowest BCUT2D eigenvalue weighted by molar-refractivity contribution is -0.134. The van der Waals surface area contributed by atoms with E-state index in [0.717, 1.165) is 0 Å². The Kier molecular flexibility index (Phi) is 6.15. The fraction of sp³-hybridized carbons (Fsp3) is 0.316. The van der Waals surface area contributed by atoms with Gasteiger partial charge in [-0.1, -0.05) is 6.07 Å². The molecule has 3 rings (SSSR count). The molecule has 1 fully saturated rings. The number of benzene rings is 1. The molecule has 9 heteroatoms. The van der Waals surface area contributed by atoms with Gasteiger partial charge in [-0.05, 0) is 24.3 Å². The van der Waals surface area contributed by atoms with Crippen molar-refractivity contribution in [3.63, 3.8) is 0 Å². The van der Waals surface area contributed by atoms with E-state index in [1.165, 1.54) is 6.92 Å². The molecule has 9 nitrogen and oxygen atoms in total. The Bertz CT molecular complexity index is 850. The molecule has 0 radical (unpaired) electrons. The lowest BCUT2D eigenvalue weighted by Crippen LogP contribution is -2.49. The Morgan fingerprint density at radius 3 is 2.25 bits per heavy atom. The number of amides is 3. The third kappa shape index (κ3) is 5.26. The smallest absolute Gasteiger partial charge is 0.233 e. The molecule has 0 aliphatic carbocycles. The van der Waals surface area contributed by atoms with Crippen LogP contribution in [0, 0.1) is 0 Å². The molecule has 2 aromatic rings. The Balaban J connectivity index is 1.48. The maximum atomic E-state index is 12.4. The first-order valence-electron chi connectivity index (χ1n) is 8.98. The normalized spacial score (nSPS) is 13.8. The van der Waals surface area contributed by atoms with Gasteiger partial charge in [0.2, 0.25) is 23.7 Å². The summed E-state index contributed by atoms with van der Waals surface area (Å²) in [6.07, 6.45) is 3.14. The van der Waals surface area contributed by atoms with Gasteiger partial charge in [0, 0.05) is 56.9 Å². The monoisotopic (exact) mass is 382 g/mol. The largest absolute Gasteiger partial charge is 0.339 e. The molecule has 1 aromatic heterocycles. The summed E-state index contributed by atoms with van der Waals surface area (Å²) >= 11 is 0. The number of carbonyl (C=O) groups excluding carboxylic acids is 3. The molecule has 1 saturated heterocycles. The summed E-state index contributed by atoms with van der Waals surface area (Å²) in [4.78, 5) is 47.9. The number of anilines is 3. The molecule has 0 spiro atoms. The van der Waals surface area contributed by atoms with Crippen LogP contribution in [0.15, 0.2) is 42.7 Å². The predicted octanol–water partition coefficient (Wildman–Crippen LogP) is 1.11. The maximum Gasteiger partial charge on any atom is 0.233 e. The minimum absolute atomic E-state index is 0.196. The van der Waals surface area contributed by atoms with E-state index in [0.29, 0.717) is 43.5 Å². The van der Waals surface area contributed by atoms with Gasteiger partial charge < -0.3 is 20.4 Å². The van der Waals surface area contributed by atoms with Crippen LogP contribution in [-0.2, 0) is 14.4 Å². The molecule has 1 aliphatic rings. The van der Waals surface area contributed by atoms with Crippen molar-refractivity contribution in [1.29, 1.82) is 0 Å². The van der Waals surface area contributed by atoms with E-state index in [9.17, 15) is 14.4 Å². The van der Waals surface area contributed by atoms with Crippen LogP contribution in [0.3, 0.4) is 0 Å². The molecule has 1 aliphatic heterocycles. The summed E-state index contributed by atoms with van der Waals surface area (Å²) in [7, 11) is 0. The van der Waals surface area contributed by atoms with E-state index in [1.807, 2.05) is 4.90 Å². The molecular weight excluding hydrogens is 360 g/mol. The molecule has 28 heavy (non-hydrogen) atoms. The lowest BCUT2D eigenvalue weighted by Gasteiger charge is -2.34. The first kappa shape index (κ1) is 19.3. The molecule has 146 valence electrons. The van der Waals surface area contributed by atoms with Crippen LogP contribution >= 0.6 is 0 Å². The van der Waals surface area contributed by atoms with Gasteiger partial charge in [0.1, 0.15) is 6.42 Å². The standard InChI is InChI=1S/C19H22N6O3/c1-14(26)22-15-4-2-5-16(12-15)23-17(27)13-18(28)24-8-10-25(11-9-24)19-20-6-3-7-21-19/h2-7,12H,8-11,13H2,1H3,(H,22,26)(H,23,27). The zero-order valence-electron chi connectivity index (χ0n) is 15.6. The quantitative estimate of drug-likeness (QED) is 0.750. The van der Waals surface area contributed by atoms with Crippen LogP contribution < -0.4 is 15.5 Å². The van der Waals surface area contributed by atoms with Crippen LogP contribution in [0.5, 0.6) is 0 Å². The summed E-state index contributed by atoms with van der Waals surface area (Å²) in [5.74, 6) is -0.159. The van der Waals surface area contributed by atoms with Gasteiger partial charge in [-0.15, -0.1) is 0 Å². The van der Waals surface area contributed by atoms with Crippen molar-refractivity contribution in [3.8, 4) is 0 Å². The van der Waals surface area contributed by atoms with E-state index in [1.54, 1.807) is 47.6 Å². The fourth-order valence-electron chi connectivity index (χ4n) is 2.94. The minimum atomic E-state index is -0.390. The molecule has 1 aromatic carbocycles. The highest BCUT2D eigenvalue weighted by atomic mass is 16.2. The molecule has 3 amide bonds. The van der Waals surface area contributed by atoms with Gasteiger partial charge in [-0.25, -0.2) is 9.97 Å². The Labute approximate surface area is 162 Å². The molecule has 0 saturated carbocycles. The van der Waals surface area contributed by atoms with E-state index in [-0.39, 0.29) is 18.2 Å². The number of hydrogen-bond acceptors (Lipinski definition) is 6.